The van der Waals surface area contributed by atoms with Crippen LogP contribution in [0.25, 0.3) is 0 Å². The predicted molar refractivity (Wildman–Crippen MR) is 70.3 cm³/mol. The number of hydrogen-bond donors (Lipinski definition) is 1. The van der Waals surface area contributed by atoms with Crippen LogP contribution in [0.15, 0.2) is 12.1 Å². The Balaban J connectivity index is 1.47. The average molecular weight is 256 g/mol. The Bertz CT molecular complexity index is 359. The highest BCUT2D eigenvalue weighted by atomic mass is 35.5. The van der Waals surface area contributed by atoms with Crippen molar-refractivity contribution in [2.45, 2.75) is 38.1 Å². The highest BCUT2D eigenvalue weighted by Gasteiger charge is 2.32. The van der Waals surface area contributed by atoms with E-state index in [-0.39, 0.29) is 0 Å². The molecule has 3 heteroatoms. The van der Waals surface area contributed by atoms with Gasteiger partial charge in [-0.05, 0) is 62.6 Å². The van der Waals surface area contributed by atoms with Gasteiger partial charge in [0, 0.05) is 10.9 Å². The van der Waals surface area contributed by atoms with E-state index >= 15 is 0 Å². The summed E-state index contributed by atoms with van der Waals surface area (Å²) < 4.78 is 0.932. The third kappa shape index (κ3) is 2.61. The van der Waals surface area contributed by atoms with Crippen LogP contribution in [0.4, 0.5) is 0 Å². The van der Waals surface area contributed by atoms with Gasteiger partial charge in [0.05, 0.1) is 4.34 Å². The molecule has 2 fully saturated rings. The van der Waals surface area contributed by atoms with Crippen LogP contribution in [0, 0.1) is 11.8 Å². The summed E-state index contributed by atoms with van der Waals surface area (Å²) in [7, 11) is 0. The van der Waals surface area contributed by atoms with Crippen LogP contribution < -0.4 is 5.32 Å². The minimum absolute atomic E-state index is 0.859. The van der Waals surface area contributed by atoms with Gasteiger partial charge in [-0.1, -0.05) is 11.6 Å². The summed E-state index contributed by atoms with van der Waals surface area (Å²) in [6, 6.07) is 5.08. The molecule has 0 bridgehead atoms. The van der Waals surface area contributed by atoms with E-state index in [1.165, 1.54) is 43.5 Å². The maximum atomic E-state index is 5.96. The molecule has 1 heterocycles. The van der Waals surface area contributed by atoms with Gasteiger partial charge in [0.2, 0.25) is 0 Å². The molecule has 1 N–H and O–H groups in total. The summed E-state index contributed by atoms with van der Waals surface area (Å²) in [5.41, 5.74) is 0. The van der Waals surface area contributed by atoms with E-state index in [4.69, 9.17) is 11.6 Å². The Kier molecular flexibility index (Phi) is 3.23. The van der Waals surface area contributed by atoms with Crippen molar-refractivity contribution in [3.63, 3.8) is 0 Å². The topological polar surface area (TPSA) is 12.0 Å². The molecule has 0 aromatic carbocycles. The van der Waals surface area contributed by atoms with Crippen molar-refractivity contribution in [1.82, 2.24) is 5.32 Å². The van der Waals surface area contributed by atoms with Crippen molar-refractivity contribution >= 4 is 22.9 Å². The largest absolute Gasteiger partial charge is 0.314 e. The molecule has 2 saturated carbocycles. The fraction of sp³-hybridized carbons (Fsp3) is 0.692. The first-order valence-corrected chi connectivity index (χ1v) is 7.48. The van der Waals surface area contributed by atoms with Gasteiger partial charge < -0.3 is 5.32 Å². The Hall–Kier alpha value is -0.0500. The van der Waals surface area contributed by atoms with Crippen molar-refractivity contribution in [3.05, 3.63) is 21.3 Å². The standard InChI is InChI=1S/C13H18ClNS/c14-13-6-5-12(16-13)7-9-1-2-10(9)8-15-11-3-4-11/h5-6,9-11,15H,1-4,7-8H2. The Morgan fingerprint density at radius 2 is 2.00 bits per heavy atom. The quantitative estimate of drug-likeness (QED) is 0.846. The Morgan fingerprint density at radius 3 is 2.56 bits per heavy atom. The van der Waals surface area contributed by atoms with E-state index < -0.39 is 0 Å². The monoisotopic (exact) mass is 255 g/mol. The van der Waals surface area contributed by atoms with Gasteiger partial charge in [-0.2, -0.15) is 0 Å². The second kappa shape index (κ2) is 4.67. The highest BCUT2D eigenvalue weighted by Crippen LogP contribution is 2.38. The first-order chi connectivity index (χ1) is 7.81. The van der Waals surface area contributed by atoms with Gasteiger partial charge >= 0.3 is 0 Å². The fourth-order valence-corrected chi connectivity index (χ4v) is 3.68. The zero-order valence-electron chi connectivity index (χ0n) is 9.42. The third-order valence-electron chi connectivity index (χ3n) is 3.91. The maximum Gasteiger partial charge on any atom is 0.0931 e. The molecule has 0 saturated heterocycles. The molecular formula is C13H18ClNS. The fourth-order valence-electron chi connectivity index (χ4n) is 2.50. The summed E-state index contributed by atoms with van der Waals surface area (Å²) in [5.74, 6) is 1.82. The molecule has 1 aromatic heterocycles. The molecule has 0 radical (unpaired) electrons. The molecule has 3 rings (SSSR count). The van der Waals surface area contributed by atoms with Crippen LogP contribution >= 0.6 is 22.9 Å². The molecule has 88 valence electrons. The number of thiophene rings is 1. The van der Waals surface area contributed by atoms with Gasteiger partial charge in [0.1, 0.15) is 0 Å². The van der Waals surface area contributed by atoms with Gasteiger partial charge in [0.15, 0.2) is 0 Å². The molecular weight excluding hydrogens is 238 g/mol. The van der Waals surface area contributed by atoms with E-state index in [9.17, 15) is 0 Å². The molecule has 0 aliphatic heterocycles. The summed E-state index contributed by atoms with van der Waals surface area (Å²) >= 11 is 7.71. The van der Waals surface area contributed by atoms with Crippen LogP contribution in [-0.4, -0.2) is 12.6 Å². The normalized spacial score (nSPS) is 29.1. The second-order valence-electron chi connectivity index (χ2n) is 5.19. The van der Waals surface area contributed by atoms with Gasteiger partial charge in [0.25, 0.3) is 0 Å². The van der Waals surface area contributed by atoms with E-state index in [0.29, 0.717) is 0 Å². The van der Waals surface area contributed by atoms with E-state index in [1.54, 1.807) is 11.3 Å². The minimum atomic E-state index is 0.859. The molecule has 16 heavy (non-hydrogen) atoms. The molecule has 2 aliphatic carbocycles. The first kappa shape index (κ1) is 11.1. The van der Waals surface area contributed by atoms with Crippen molar-refractivity contribution in [3.8, 4) is 0 Å². The van der Waals surface area contributed by atoms with Gasteiger partial charge in [-0.25, -0.2) is 0 Å². The molecule has 1 nitrogen and oxygen atoms in total. The zero-order valence-corrected chi connectivity index (χ0v) is 11.0. The van der Waals surface area contributed by atoms with Crippen molar-refractivity contribution in [2.75, 3.05) is 6.54 Å². The smallest absolute Gasteiger partial charge is 0.0931 e. The van der Waals surface area contributed by atoms with E-state index in [2.05, 4.69) is 11.4 Å². The molecule has 2 aliphatic rings. The summed E-state index contributed by atoms with van der Waals surface area (Å²) in [6.07, 6.45) is 6.88. The Morgan fingerprint density at radius 1 is 1.19 bits per heavy atom. The lowest BCUT2D eigenvalue weighted by atomic mass is 9.71. The van der Waals surface area contributed by atoms with E-state index in [0.717, 1.165) is 22.2 Å². The number of nitrogens with one attached hydrogen (secondary N) is 1. The third-order valence-corrected chi connectivity index (χ3v) is 5.17. The van der Waals surface area contributed by atoms with Crippen LogP contribution in [0.1, 0.15) is 30.6 Å². The molecule has 1 aromatic rings. The van der Waals surface area contributed by atoms with Gasteiger partial charge in [-0.15, -0.1) is 11.3 Å². The number of rotatable bonds is 5. The number of hydrogen-bond acceptors (Lipinski definition) is 2. The molecule has 2 unspecified atom stereocenters. The van der Waals surface area contributed by atoms with E-state index in [1.807, 2.05) is 6.07 Å². The lowest BCUT2D eigenvalue weighted by Crippen LogP contribution is -2.37. The van der Waals surface area contributed by atoms with Crippen LogP contribution in [-0.2, 0) is 6.42 Å². The van der Waals surface area contributed by atoms with Crippen LogP contribution in [0.2, 0.25) is 4.34 Å². The minimum Gasteiger partial charge on any atom is -0.314 e. The van der Waals surface area contributed by atoms with Gasteiger partial charge in [-0.3, -0.25) is 0 Å². The van der Waals surface area contributed by atoms with Crippen LogP contribution in [0.3, 0.4) is 0 Å². The summed E-state index contributed by atoms with van der Waals surface area (Å²) in [4.78, 5) is 1.46. The highest BCUT2D eigenvalue weighted by molar-refractivity contribution is 7.16. The lowest BCUT2D eigenvalue weighted by molar-refractivity contribution is 0.171. The molecule has 0 spiro atoms. The predicted octanol–water partition coefficient (Wildman–Crippen LogP) is 3.72. The second-order valence-corrected chi connectivity index (χ2v) is 6.99. The zero-order chi connectivity index (χ0) is 11.0. The molecule has 0 amide bonds. The maximum absolute atomic E-state index is 5.96. The first-order valence-electron chi connectivity index (χ1n) is 6.29. The SMILES string of the molecule is Clc1ccc(CC2CCC2CNC2CC2)s1. The van der Waals surface area contributed by atoms with Crippen molar-refractivity contribution in [2.24, 2.45) is 11.8 Å². The molecule has 2 atom stereocenters. The van der Waals surface area contributed by atoms with Crippen molar-refractivity contribution < 1.29 is 0 Å². The number of halogens is 1. The summed E-state index contributed by atoms with van der Waals surface area (Å²) in [6.45, 7) is 1.24. The van der Waals surface area contributed by atoms with Crippen LogP contribution in [0.5, 0.6) is 0 Å². The van der Waals surface area contributed by atoms with Crippen molar-refractivity contribution in [1.29, 1.82) is 0 Å². The summed E-state index contributed by atoms with van der Waals surface area (Å²) in [5, 5.41) is 3.66. The average Bonchev–Trinajstić information content (AvgIpc) is 2.97. The Labute approximate surface area is 106 Å². The lowest BCUT2D eigenvalue weighted by Gasteiger charge is -2.36.